The van der Waals surface area contributed by atoms with Crippen molar-refractivity contribution < 1.29 is 37.6 Å². The molecule has 10 heteroatoms. The van der Waals surface area contributed by atoms with Crippen LogP contribution in [0.5, 0.6) is 0 Å². The van der Waals surface area contributed by atoms with Crippen molar-refractivity contribution in [3.8, 4) is 0 Å². The highest BCUT2D eigenvalue weighted by Gasteiger charge is 2.26. The van der Waals surface area contributed by atoms with Crippen molar-refractivity contribution >= 4 is 19.8 Å². The van der Waals surface area contributed by atoms with Gasteiger partial charge in [0, 0.05) is 19.4 Å². The molecule has 0 rings (SSSR count). The second kappa shape index (κ2) is 62.8. The topological polar surface area (TPSA) is 134 Å². The highest BCUT2D eigenvalue weighted by molar-refractivity contribution is 7.47. The molecule has 0 heterocycles. The first-order valence-corrected chi connectivity index (χ1v) is 32.5. The number of esters is 2. The van der Waals surface area contributed by atoms with E-state index < -0.39 is 32.5 Å². The lowest BCUT2D eigenvalue weighted by molar-refractivity contribution is -0.161. The number of unbranched alkanes of at least 4 members (excludes halogenated alkanes) is 17. The Kier molecular flexibility index (Phi) is 59.3. The molecule has 0 amide bonds. The fourth-order valence-corrected chi connectivity index (χ4v) is 8.61. The molecule has 0 saturated heterocycles. The Morgan fingerprint density at radius 1 is 0.392 bits per heavy atom. The molecule has 0 aliphatic carbocycles. The molecule has 2 unspecified atom stereocenters. The van der Waals surface area contributed by atoms with Gasteiger partial charge in [-0.15, -0.1) is 0 Å². The third-order valence-electron chi connectivity index (χ3n) is 12.4. The highest BCUT2D eigenvalue weighted by Crippen LogP contribution is 2.43. The summed E-state index contributed by atoms with van der Waals surface area (Å²) in [5, 5.41) is 0. The summed E-state index contributed by atoms with van der Waals surface area (Å²) >= 11 is 0. The van der Waals surface area contributed by atoms with E-state index in [-0.39, 0.29) is 32.6 Å². The van der Waals surface area contributed by atoms with Crippen LogP contribution in [0.25, 0.3) is 0 Å². The molecule has 3 N–H and O–H groups in total. The minimum atomic E-state index is -4.41. The van der Waals surface area contributed by atoms with E-state index in [9.17, 15) is 19.0 Å². The molecular formula is C69H112NO8P. The van der Waals surface area contributed by atoms with Crippen molar-refractivity contribution in [1.82, 2.24) is 0 Å². The largest absolute Gasteiger partial charge is 0.472 e. The van der Waals surface area contributed by atoms with Crippen LogP contribution < -0.4 is 5.73 Å². The summed E-state index contributed by atoms with van der Waals surface area (Å²) in [7, 11) is -4.41. The number of hydrogen-bond acceptors (Lipinski definition) is 8. The molecule has 0 aromatic carbocycles. The second-order valence-electron chi connectivity index (χ2n) is 19.8. The maximum Gasteiger partial charge on any atom is 0.472 e. The Labute approximate surface area is 483 Å². The molecule has 0 aliphatic heterocycles. The summed E-state index contributed by atoms with van der Waals surface area (Å²) < 4.78 is 33.0. The molecule has 0 aromatic rings. The monoisotopic (exact) mass is 1110 g/mol. The van der Waals surface area contributed by atoms with Crippen molar-refractivity contribution in [3.63, 3.8) is 0 Å². The summed E-state index contributed by atoms with van der Waals surface area (Å²) in [5.74, 6) is -0.871. The van der Waals surface area contributed by atoms with Crippen LogP contribution in [-0.4, -0.2) is 49.3 Å². The maximum absolute atomic E-state index is 12.7. The van der Waals surface area contributed by atoms with E-state index in [0.717, 1.165) is 135 Å². The van der Waals surface area contributed by atoms with Crippen molar-refractivity contribution in [3.05, 3.63) is 158 Å². The lowest BCUT2D eigenvalue weighted by atomic mass is 10.1. The summed E-state index contributed by atoms with van der Waals surface area (Å²) in [6, 6.07) is 0. The molecular weight excluding hydrogens is 1000 g/mol. The van der Waals surface area contributed by atoms with Crippen LogP contribution in [0.3, 0.4) is 0 Å². The number of ether oxygens (including phenoxy) is 2. The van der Waals surface area contributed by atoms with E-state index in [4.69, 9.17) is 24.3 Å². The van der Waals surface area contributed by atoms with E-state index >= 15 is 0 Å². The molecule has 0 aromatic heterocycles. The Hall–Kier alpha value is -4.37. The second-order valence-corrected chi connectivity index (χ2v) is 21.3. The number of rotatable bonds is 56. The SMILES string of the molecule is CC/C=C\C/C=C\C/C=C\C/C=C\C/C=C\C/C=C\C/C=C\C/C=C\C/C=C\C/C=C\C/C=C\C/C=C\CCCCCCC(=O)OC(COC(=O)CCCCCCCCC/C=C\CCCCCCCC)COP(=O)(O)OCCN. The van der Waals surface area contributed by atoms with E-state index in [1.807, 2.05) is 0 Å². The summed E-state index contributed by atoms with van der Waals surface area (Å²) in [4.78, 5) is 35.2. The van der Waals surface area contributed by atoms with Gasteiger partial charge in [-0.2, -0.15) is 0 Å². The fourth-order valence-electron chi connectivity index (χ4n) is 7.85. The number of hydrogen-bond donors (Lipinski definition) is 2. The molecule has 0 spiro atoms. The Morgan fingerprint density at radius 3 is 1.05 bits per heavy atom. The van der Waals surface area contributed by atoms with Gasteiger partial charge in [0.2, 0.25) is 0 Å². The quantitative estimate of drug-likeness (QED) is 0.0264. The Morgan fingerprint density at radius 2 is 0.696 bits per heavy atom. The predicted octanol–water partition coefficient (Wildman–Crippen LogP) is 20.1. The zero-order valence-corrected chi connectivity index (χ0v) is 50.7. The average molecular weight is 1110 g/mol. The maximum atomic E-state index is 12.7. The molecule has 0 saturated carbocycles. The number of phosphoric acid groups is 1. The van der Waals surface area contributed by atoms with Crippen LogP contribution in [0.4, 0.5) is 0 Å². The van der Waals surface area contributed by atoms with Gasteiger partial charge in [0.1, 0.15) is 6.61 Å². The Bertz CT molecular complexity index is 1850. The lowest BCUT2D eigenvalue weighted by Crippen LogP contribution is -2.29. The number of nitrogens with two attached hydrogens (primary N) is 1. The first-order chi connectivity index (χ1) is 38.8. The molecule has 2 atom stereocenters. The third-order valence-corrected chi connectivity index (χ3v) is 13.4. The molecule has 79 heavy (non-hydrogen) atoms. The lowest BCUT2D eigenvalue weighted by Gasteiger charge is -2.19. The zero-order valence-electron chi connectivity index (χ0n) is 49.8. The molecule has 446 valence electrons. The van der Waals surface area contributed by atoms with E-state index in [1.165, 1.54) is 64.2 Å². The molecule has 0 aliphatic rings. The van der Waals surface area contributed by atoms with Gasteiger partial charge >= 0.3 is 19.8 Å². The van der Waals surface area contributed by atoms with Crippen molar-refractivity contribution in [2.75, 3.05) is 26.4 Å². The number of carbonyl (C=O) groups excluding carboxylic acids is 2. The first kappa shape index (κ1) is 74.6. The Balaban J connectivity index is 4.06. The summed E-state index contributed by atoms with van der Waals surface area (Å²) in [5.41, 5.74) is 5.38. The number of carbonyl (C=O) groups is 2. The van der Waals surface area contributed by atoms with Crippen LogP contribution in [0.15, 0.2) is 158 Å². The van der Waals surface area contributed by atoms with Gasteiger partial charge < -0.3 is 20.1 Å². The minimum absolute atomic E-state index is 0.0407. The highest BCUT2D eigenvalue weighted by atomic mass is 31.2. The van der Waals surface area contributed by atoms with Crippen LogP contribution in [0, 0.1) is 0 Å². The van der Waals surface area contributed by atoms with Gasteiger partial charge in [0.25, 0.3) is 0 Å². The van der Waals surface area contributed by atoms with E-state index in [2.05, 4.69) is 172 Å². The van der Waals surface area contributed by atoms with Gasteiger partial charge in [0.05, 0.1) is 13.2 Å². The van der Waals surface area contributed by atoms with E-state index in [0.29, 0.717) is 6.42 Å². The van der Waals surface area contributed by atoms with Crippen molar-refractivity contribution in [2.45, 2.75) is 238 Å². The van der Waals surface area contributed by atoms with E-state index in [1.54, 1.807) is 0 Å². The van der Waals surface area contributed by atoms with Gasteiger partial charge in [-0.3, -0.25) is 18.6 Å². The fraction of sp³-hybridized carbons (Fsp3) is 0.594. The van der Waals surface area contributed by atoms with Crippen LogP contribution in [0.2, 0.25) is 0 Å². The minimum Gasteiger partial charge on any atom is -0.462 e. The standard InChI is InChI=1S/C69H112NO8P/c1-3-5-7-9-11-13-15-17-19-21-22-23-24-25-26-27-28-29-30-31-32-33-34-35-36-37-38-39-40-41-42-43-44-46-48-50-52-54-56-58-60-62-69(72)78-67(66-77-79(73,74)76-64-63-70)65-75-68(71)61-59-57-55-53-51-49-47-45-20-18-16-14-12-10-8-6-4-2/h5,7,11,13,17-20,22-23,25-26,28-29,31-32,34-35,37-38,40-41,43-44,48,50,67H,3-4,6,8-10,12,14-16,21,24,27,30,33,36,39,42,45-47,49,51-66,70H2,1-2H3,(H,73,74)/b7-5-,13-11-,19-17-,20-18-,23-22-,26-25-,29-28-,32-31-,35-34-,38-37-,41-40-,44-43-,50-48-. The van der Waals surface area contributed by atoms with Crippen molar-refractivity contribution in [2.24, 2.45) is 5.73 Å². The van der Waals surface area contributed by atoms with Crippen LogP contribution in [-0.2, 0) is 32.7 Å². The summed E-state index contributed by atoms with van der Waals surface area (Å²) in [6.07, 6.45) is 91.6. The van der Waals surface area contributed by atoms with Crippen LogP contribution in [0.1, 0.15) is 232 Å². The average Bonchev–Trinajstić information content (AvgIpc) is 3.44. The van der Waals surface area contributed by atoms with Crippen LogP contribution >= 0.6 is 7.82 Å². The van der Waals surface area contributed by atoms with Gasteiger partial charge in [-0.25, -0.2) is 4.57 Å². The zero-order chi connectivity index (χ0) is 57.3. The normalized spacial score (nSPS) is 14.1. The summed E-state index contributed by atoms with van der Waals surface area (Å²) in [6.45, 7) is 3.57. The molecule has 0 radical (unpaired) electrons. The molecule has 0 fully saturated rings. The van der Waals surface area contributed by atoms with Gasteiger partial charge in [0.15, 0.2) is 6.10 Å². The predicted molar refractivity (Wildman–Crippen MR) is 339 cm³/mol. The van der Waals surface area contributed by atoms with Gasteiger partial charge in [-0.05, 0) is 128 Å². The smallest absolute Gasteiger partial charge is 0.462 e. The number of phosphoric ester groups is 1. The third kappa shape index (κ3) is 62.7. The number of allylic oxidation sites excluding steroid dienone is 26. The first-order valence-electron chi connectivity index (χ1n) is 31.0. The van der Waals surface area contributed by atoms with Gasteiger partial charge in [-0.1, -0.05) is 249 Å². The molecule has 0 bridgehead atoms. The molecule has 9 nitrogen and oxygen atoms in total. The van der Waals surface area contributed by atoms with Crippen molar-refractivity contribution in [1.29, 1.82) is 0 Å².